The topological polar surface area (TPSA) is 159 Å². The van der Waals surface area contributed by atoms with Gasteiger partial charge in [-0.2, -0.15) is 5.10 Å². The van der Waals surface area contributed by atoms with Crippen LogP contribution in [0.15, 0.2) is 101 Å². The molecule has 6 aromatic rings. The van der Waals surface area contributed by atoms with Gasteiger partial charge in [0.1, 0.15) is 28.6 Å². The van der Waals surface area contributed by atoms with E-state index in [1.807, 2.05) is 30.7 Å². The van der Waals surface area contributed by atoms with Gasteiger partial charge in [-0.15, -0.1) is 0 Å². The number of furan rings is 1. The van der Waals surface area contributed by atoms with Crippen molar-refractivity contribution in [3.63, 3.8) is 0 Å². The molecule has 12 nitrogen and oxygen atoms in total. The molecular weight excluding hydrogens is 693 g/mol. The van der Waals surface area contributed by atoms with Crippen molar-refractivity contribution >= 4 is 61.4 Å². The van der Waals surface area contributed by atoms with Crippen molar-refractivity contribution in [1.29, 1.82) is 0 Å². The van der Waals surface area contributed by atoms with E-state index >= 15 is 0 Å². The number of fused-ring (bicyclic) bond motifs is 1. The minimum Gasteiger partial charge on any atom is -0.467 e. The van der Waals surface area contributed by atoms with Gasteiger partial charge in [0.05, 0.1) is 34.7 Å². The summed E-state index contributed by atoms with van der Waals surface area (Å²) < 4.78 is 41.5. The lowest BCUT2D eigenvalue weighted by Crippen LogP contribution is -2.32. The Morgan fingerprint density at radius 3 is 2.39 bits per heavy atom. The van der Waals surface area contributed by atoms with Gasteiger partial charge >= 0.3 is 0 Å². The van der Waals surface area contributed by atoms with Crippen molar-refractivity contribution in [3.8, 4) is 11.5 Å². The number of benzene rings is 4. The van der Waals surface area contributed by atoms with Gasteiger partial charge in [-0.25, -0.2) is 13.1 Å². The molecule has 0 saturated heterocycles. The fraction of sp³-hybridized carbons (Fsp3) is 0.118. The maximum Gasteiger partial charge on any atom is 0.293 e. The van der Waals surface area contributed by atoms with Crippen LogP contribution in [-0.2, 0) is 23.1 Å². The number of hydrogen-bond acceptors (Lipinski definition) is 9. The fourth-order valence-corrected chi connectivity index (χ4v) is 6.45. The molecule has 1 amide bonds. The van der Waals surface area contributed by atoms with E-state index in [1.54, 1.807) is 54.6 Å². The number of amides is 1. The van der Waals surface area contributed by atoms with Gasteiger partial charge in [0, 0.05) is 21.5 Å². The molecule has 0 atom stereocenters. The Morgan fingerprint density at radius 2 is 1.71 bits per heavy atom. The molecule has 6 rings (SSSR count). The van der Waals surface area contributed by atoms with Gasteiger partial charge in [-0.05, 0) is 97.3 Å². The number of rotatable bonds is 11. The van der Waals surface area contributed by atoms with Crippen molar-refractivity contribution in [2.75, 3.05) is 5.32 Å². The van der Waals surface area contributed by atoms with E-state index in [0.29, 0.717) is 38.2 Å². The molecule has 49 heavy (non-hydrogen) atoms. The van der Waals surface area contributed by atoms with Gasteiger partial charge in [0.2, 0.25) is 0 Å². The summed E-state index contributed by atoms with van der Waals surface area (Å²) >= 11 is 12.5. The summed E-state index contributed by atoms with van der Waals surface area (Å²) in [6, 6.07) is 22.1. The van der Waals surface area contributed by atoms with Crippen LogP contribution in [0.3, 0.4) is 0 Å². The quantitative estimate of drug-likeness (QED) is 0.0998. The molecule has 0 aliphatic heterocycles. The molecule has 2 N–H and O–H groups in total. The van der Waals surface area contributed by atoms with Crippen LogP contribution in [0.2, 0.25) is 10.0 Å². The number of carbonyl (C=O) groups is 1. The molecule has 0 fully saturated rings. The number of nitro benzene ring substituents is 1. The molecule has 250 valence electrons. The Morgan fingerprint density at radius 1 is 0.980 bits per heavy atom. The van der Waals surface area contributed by atoms with Crippen LogP contribution in [0.1, 0.15) is 32.9 Å². The molecule has 2 aromatic heterocycles. The normalized spacial score (nSPS) is 11.4. The highest BCUT2D eigenvalue weighted by Gasteiger charge is 2.27. The molecule has 15 heteroatoms. The van der Waals surface area contributed by atoms with Crippen LogP contribution in [0.4, 0.5) is 11.4 Å². The largest absolute Gasteiger partial charge is 0.467 e. The summed E-state index contributed by atoms with van der Waals surface area (Å²) in [4.78, 5) is 24.3. The van der Waals surface area contributed by atoms with Gasteiger partial charge < -0.3 is 14.5 Å². The van der Waals surface area contributed by atoms with Crippen LogP contribution in [0.5, 0.6) is 11.5 Å². The Kier molecular flexibility index (Phi) is 9.32. The van der Waals surface area contributed by atoms with Gasteiger partial charge in [0.15, 0.2) is 0 Å². The number of nitro groups is 1. The van der Waals surface area contributed by atoms with Crippen LogP contribution >= 0.6 is 23.2 Å². The molecule has 0 unspecified atom stereocenters. The van der Waals surface area contributed by atoms with Crippen molar-refractivity contribution < 1.29 is 27.3 Å². The molecule has 4 aromatic carbocycles. The third-order valence-corrected chi connectivity index (χ3v) is 9.71. The van der Waals surface area contributed by atoms with Gasteiger partial charge in [0.25, 0.3) is 21.6 Å². The summed E-state index contributed by atoms with van der Waals surface area (Å²) in [5.74, 6) is 0.743. The summed E-state index contributed by atoms with van der Waals surface area (Å²) in [6.45, 7) is 4.02. The molecule has 0 saturated carbocycles. The highest BCUT2D eigenvalue weighted by Crippen LogP contribution is 2.31. The zero-order valence-corrected chi connectivity index (χ0v) is 28.3. The number of anilines is 1. The zero-order chi connectivity index (χ0) is 34.9. The van der Waals surface area contributed by atoms with E-state index in [2.05, 4.69) is 10.4 Å². The van der Waals surface area contributed by atoms with Crippen LogP contribution in [0.25, 0.3) is 10.9 Å². The van der Waals surface area contributed by atoms with Crippen molar-refractivity contribution in [1.82, 2.24) is 14.5 Å². The molecule has 0 aliphatic rings. The number of hydrogen-bond donors (Lipinski definition) is 2. The predicted molar refractivity (Wildman–Crippen MR) is 185 cm³/mol. The Balaban J connectivity index is 1.25. The predicted octanol–water partition coefficient (Wildman–Crippen LogP) is 8.03. The van der Waals surface area contributed by atoms with E-state index in [1.165, 1.54) is 23.1 Å². The van der Waals surface area contributed by atoms with E-state index in [4.69, 9.17) is 32.4 Å². The average Bonchev–Trinajstić information content (AvgIpc) is 3.70. The number of aromatic nitrogens is 2. The first-order valence-corrected chi connectivity index (χ1v) is 16.9. The van der Waals surface area contributed by atoms with Crippen molar-refractivity contribution in [3.05, 3.63) is 139 Å². The molecule has 0 bridgehead atoms. The molecule has 2 heterocycles. The van der Waals surface area contributed by atoms with Crippen LogP contribution < -0.4 is 14.8 Å². The molecule has 0 spiro atoms. The second-order valence-electron chi connectivity index (χ2n) is 11.1. The van der Waals surface area contributed by atoms with Crippen LogP contribution in [-0.4, -0.2) is 29.0 Å². The number of nitrogens with one attached hydrogen (secondary N) is 2. The van der Waals surface area contributed by atoms with E-state index in [0.717, 1.165) is 22.8 Å². The average molecular weight is 721 g/mol. The zero-order valence-electron chi connectivity index (χ0n) is 25.9. The number of halogens is 2. The minimum atomic E-state index is -4.57. The Labute approximate surface area is 290 Å². The lowest BCUT2D eigenvalue weighted by molar-refractivity contribution is -0.384. The van der Waals surface area contributed by atoms with Crippen LogP contribution in [0, 0.1) is 24.0 Å². The second kappa shape index (κ2) is 13.6. The monoisotopic (exact) mass is 719 g/mol. The first-order valence-electron chi connectivity index (χ1n) is 14.7. The molecular formula is C34H27Cl2N5O7S. The van der Waals surface area contributed by atoms with Crippen molar-refractivity contribution in [2.45, 2.75) is 31.8 Å². The summed E-state index contributed by atoms with van der Waals surface area (Å²) in [7, 11) is -4.57. The second-order valence-corrected chi connectivity index (χ2v) is 13.6. The highest BCUT2D eigenvalue weighted by molar-refractivity contribution is 7.90. The third kappa shape index (κ3) is 7.38. The maximum absolute atomic E-state index is 13.7. The Hall–Kier alpha value is -5.37. The fourth-order valence-electron chi connectivity index (χ4n) is 5.20. The molecule has 0 radical (unpaired) electrons. The molecule has 0 aliphatic carbocycles. The number of nitrogens with zero attached hydrogens (tertiary/aromatic N) is 3. The maximum atomic E-state index is 13.7. The smallest absolute Gasteiger partial charge is 0.293 e. The van der Waals surface area contributed by atoms with Crippen molar-refractivity contribution in [2.24, 2.45) is 0 Å². The van der Waals surface area contributed by atoms with E-state index in [-0.39, 0.29) is 24.5 Å². The SMILES string of the molecule is Cc1cc(Oc2ccc(Cn3nc4cc(Cl)ccc4c3C(=O)NS(=O)(=O)c3ccc(NCc4ccco4)c([N+](=O)[O-])c3)cc2)cc(C)c1Cl. The first kappa shape index (κ1) is 33.5. The van der Waals surface area contributed by atoms with Gasteiger partial charge in [-0.1, -0.05) is 35.3 Å². The van der Waals surface area contributed by atoms with E-state index in [9.17, 15) is 23.3 Å². The minimum absolute atomic E-state index is 0.0473. The standard InChI is InChI=1S/C34H27Cl2N5O7S/c1-20-14-26(15-21(2)32(20)36)48-24-8-5-22(6-9-24)19-40-33(28-11-7-23(35)16-30(28)38-40)34(42)39-49(45,46)27-10-12-29(31(17-27)41(43)44)37-18-25-4-3-13-47-25/h3-17,37H,18-19H2,1-2H3,(H,39,42). The Bertz CT molecular complexity index is 2300. The lowest BCUT2D eigenvalue weighted by Gasteiger charge is -2.12. The number of ether oxygens (including phenoxy) is 1. The highest BCUT2D eigenvalue weighted by atomic mass is 35.5. The third-order valence-electron chi connectivity index (χ3n) is 7.55. The first-order chi connectivity index (χ1) is 23.4. The summed E-state index contributed by atoms with van der Waals surface area (Å²) in [5, 5.41) is 20.6. The summed E-state index contributed by atoms with van der Waals surface area (Å²) in [6.07, 6.45) is 1.46. The summed E-state index contributed by atoms with van der Waals surface area (Å²) in [5.41, 5.74) is 2.41. The number of sulfonamides is 1. The van der Waals surface area contributed by atoms with E-state index < -0.39 is 31.4 Å². The number of aryl methyl sites for hydroxylation is 2. The lowest BCUT2D eigenvalue weighted by atomic mass is 10.1. The van der Waals surface area contributed by atoms with Gasteiger partial charge in [-0.3, -0.25) is 19.6 Å². The number of carbonyl (C=O) groups excluding carboxylic acids is 1.